The molecule has 5 aliphatic heterocycles. The van der Waals surface area contributed by atoms with Gasteiger partial charge in [-0.15, -0.1) is 0 Å². The summed E-state index contributed by atoms with van der Waals surface area (Å²) in [5.74, 6) is -8.54. The molecule has 11 rings (SSSR count). The van der Waals surface area contributed by atoms with Crippen LogP contribution in [0, 0.1) is 0 Å². The molecule has 0 aliphatic carbocycles. The normalized spacial score (nSPS) is 29.1. The van der Waals surface area contributed by atoms with Crippen LogP contribution in [0.15, 0.2) is 182 Å². The molecular formula is C75H83NO25. The number of carbonyl (C=O) groups is 6. The smallest absolute Gasteiger partial charge is 0.407 e. The largest absolute Gasteiger partial charge is 0.465 e. The molecular weight excluding hydrogens is 1310 g/mol. The molecule has 5 heterocycles. The molecule has 0 radical (unpaired) electrons. The summed E-state index contributed by atoms with van der Waals surface area (Å²) in [4.78, 5) is 83.9. The molecule has 26 nitrogen and oxygen atoms in total. The Balaban J connectivity index is 0.978. The predicted molar refractivity (Wildman–Crippen MR) is 352 cm³/mol. The van der Waals surface area contributed by atoms with E-state index in [1.165, 1.54) is 52.3 Å². The van der Waals surface area contributed by atoms with Crippen LogP contribution in [0.3, 0.4) is 0 Å². The lowest BCUT2D eigenvalue weighted by Gasteiger charge is -2.54. The number of methoxy groups -OCH3 is 3. The molecule has 6 aromatic rings. The molecule has 6 aromatic carbocycles. The summed E-state index contributed by atoms with van der Waals surface area (Å²) in [6.45, 7) is 2.17. The Labute approximate surface area is 584 Å². The maximum atomic E-state index is 15.0. The van der Waals surface area contributed by atoms with Gasteiger partial charge in [-0.25, -0.2) is 28.8 Å². The Morgan fingerprint density at radius 3 is 1.35 bits per heavy atom. The van der Waals surface area contributed by atoms with Gasteiger partial charge in [0, 0.05) is 34.1 Å². The van der Waals surface area contributed by atoms with Gasteiger partial charge in [-0.3, -0.25) is 0 Å². The van der Waals surface area contributed by atoms with E-state index >= 15 is 4.79 Å². The van der Waals surface area contributed by atoms with Crippen LogP contribution in [0.4, 0.5) is 4.79 Å². The molecule has 5 saturated heterocycles. The molecule has 5 fully saturated rings. The molecule has 0 unspecified atom stereocenters. The topological polar surface area (TPSA) is 290 Å². The first kappa shape index (κ1) is 73.6. The lowest BCUT2D eigenvalue weighted by atomic mass is 9.94. The minimum absolute atomic E-state index is 0.0616. The van der Waals surface area contributed by atoms with Gasteiger partial charge in [0.05, 0.1) is 63.9 Å². The first-order valence-electron chi connectivity index (χ1n) is 33.4. The molecule has 0 bridgehead atoms. The van der Waals surface area contributed by atoms with Gasteiger partial charge in [-0.2, -0.15) is 0 Å². The van der Waals surface area contributed by atoms with Gasteiger partial charge < -0.3 is 95.3 Å². The van der Waals surface area contributed by atoms with Gasteiger partial charge in [0.1, 0.15) is 61.5 Å². The van der Waals surface area contributed by atoms with E-state index in [0.717, 1.165) is 18.2 Å². The number of carbonyl (C=O) groups excluding carboxylic acids is 6. The summed E-state index contributed by atoms with van der Waals surface area (Å²) in [7, 11) is 3.65. The van der Waals surface area contributed by atoms with Crippen LogP contribution in [-0.4, -0.2) is 194 Å². The fraction of sp³-hybridized carbons (Fsp3) is 0.440. The van der Waals surface area contributed by atoms with Crippen molar-refractivity contribution >= 4 is 35.9 Å². The molecule has 17 atom stereocenters. The van der Waals surface area contributed by atoms with Crippen LogP contribution >= 0.6 is 0 Å². The average Bonchev–Trinajstić information content (AvgIpc) is 0.746. The highest BCUT2D eigenvalue weighted by Crippen LogP contribution is 2.43. The monoisotopic (exact) mass is 1400 g/mol. The van der Waals surface area contributed by atoms with Gasteiger partial charge in [0.25, 0.3) is 11.6 Å². The van der Waals surface area contributed by atoms with E-state index in [1.807, 2.05) is 91.0 Å². The average molecular weight is 1400 g/mol. The quantitative estimate of drug-likeness (QED) is 0.0263. The number of nitrogens with one attached hydrogen (secondary N) is 1. The second-order valence-corrected chi connectivity index (χ2v) is 24.6. The molecule has 101 heavy (non-hydrogen) atoms. The minimum Gasteiger partial charge on any atom is -0.465 e. The van der Waals surface area contributed by atoms with Crippen LogP contribution in [0.5, 0.6) is 0 Å². The lowest BCUT2D eigenvalue weighted by molar-refractivity contribution is -0.423. The highest BCUT2D eigenvalue weighted by Gasteiger charge is 2.63. The second kappa shape index (κ2) is 35.3. The van der Waals surface area contributed by atoms with Gasteiger partial charge in [0.2, 0.25) is 0 Å². The minimum atomic E-state index is -2.16. The maximum absolute atomic E-state index is 15.0. The number of unbranched alkanes of at least 4 members (excludes halogenated alkanes) is 2. The summed E-state index contributed by atoms with van der Waals surface area (Å²) >= 11 is 0. The van der Waals surface area contributed by atoms with E-state index in [4.69, 9.17) is 90.0 Å². The van der Waals surface area contributed by atoms with Crippen molar-refractivity contribution < 1.29 is 119 Å². The zero-order valence-corrected chi connectivity index (χ0v) is 56.5. The van der Waals surface area contributed by atoms with E-state index < -0.39 is 146 Å². The zero-order valence-electron chi connectivity index (χ0n) is 56.5. The molecule has 5 aliphatic rings. The lowest BCUT2D eigenvalue weighted by Crippen LogP contribution is -2.72. The fourth-order valence-electron chi connectivity index (χ4n) is 12.3. The van der Waals surface area contributed by atoms with Crippen LogP contribution in [0.2, 0.25) is 0 Å². The highest BCUT2D eigenvalue weighted by molar-refractivity contribution is 5.90. The Bertz CT molecular complexity index is 3620. The van der Waals surface area contributed by atoms with Crippen molar-refractivity contribution in [3.8, 4) is 0 Å². The summed E-state index contributed by atoms with van der Waals surface area (Å²) in [6, 6.07) is 52.3. The van der Waals surface area contributed by atoms with Crippen LogP contribution in [-0.2, 0) is 119 Å². The third-order valence-electron chi connectivity index (χ3n) is 17.5. The van der Waals surface area contributed by atoms with E-state index in [0.29, 0.717) is 31.4 Å². The summed E-state index contributed by atoms with van der Waals surface area (Å²) in [6.07, 6.45) is -21.0. The molecule has 1 N–H and O–H groups in total. The number of fused-ring (bicyclic) bond motifs is 2. The summed E-state index contributed by atoms with van der Waals surface area (Å²) in [5, 5.41) is 2.79. The van der Waals surface area contributed by atoms with Crippen LogP contribution in [0.1, 0.15) is 80.9 Å². The number of esters is 5. The first-order chi connectivity index (χ1) is 49.1. The number of amides is 1. The predicted octanol–water partition coefficient (Wildman–Crippen LogP) is 8.15. The third-order valence-corrected chi connectivity index (χ3v) is 17.5. The van der Waals surface area contributed by atoms with Crippen LogP contribution in [0.25, 0.3) is 0 Å². The van der Waals surface area contributed by atoms with Crippen LogP contribution < -0.4 is 5.32 Å². The number of ether oxygens (including phenoxy) is 19. The van der Waals surface area contributed by atoms with Crippen molar-refractivity contribution in [1.29, 1.82) is 0 Å². The zero-order chi connectivity index (χ0) is 70.7. The Morgan fingerprint density at radius 2 is 0.871 bits per heavy atom. The van der Waals surface area contributed by atoms with Crippen molar-refractivity contribution in [1.82, 2.24) is 5.32 Å². The van der Waals surface area contributed by atoms with Crippen molar-refractivity contribution in [3.05, 3.63) is 215 Å². The summed E-state index contributed by atoms with van der Waals surface area (Å²) < 4.78 is 122. The van der Waals surface area contributed by atoms with Gasteiger partial charge in [-0.05, 0) is 72.4 Å². The van der Waals surface area contributed by atoms with Crippen molar-refractivity contribution in [2.24, 2.45) is 0 Å². The molecule has 0 aromatic heterocycles. The van der Waals surface area contributed by atoms with Crippen molar-refractivity contribution in [2.75, 3.05) is 54.3 Å². The number of benzene rings is 6. The molecule has 0 saturated carbocycles. The number of alkyl carbamates (subject to hydrolysis) is 1. The van der Waals surface area contributed by atoms with Crippen molar-refractivity contribution in [2.45, 2.75) is 157 Å². The molecule has 0 spiro atoms. The van der Waals surface area contributed by atoms with Gasteiger partial charge in [-0.1, -0.05) is 146 Å². The molecule has 26 heteroatoms. The molecule has 1 amide bonds. The maximum Gasteiger partial charge on any atom is 0.407 e. The highest BCUT2D eigenvalue weighted by atomic mass is 16.8. The van der Waals surface area contributed by atoms with E-state index in [1.54, 1.807) is 66.7 Å². The first-order valence-corrected chi connectivity index (χ1v) is 33.4. The van der Waals surface area contributed by atoms with E-state index in [2.05, 4.69) is 5.32 Å². The second-order valence-electron chi connectivity index (χ2n) is 24.6. The fourth-order valence-corrected chi connectivity index (χ4v) is 12.3. The Morgan fingerprint density at radius 1 is 0.446 bits per heavy atom. The Kier molecular flexibility index (Phi) is 25.8. The number of hydrogen-bond acceptors (Lipinski definition) is 25. The van der Waals surface area contributed by atoms with Crippen molar-refractivity contribution in [3.63, 3.8) is 0 Å². The van der Waals surface area contributed by atoms with Gasteiger partial charge in [0.15, 0.2) is 37.2 Å². The SMILES string of the molecule is COC(=O)[C@@]1(C)OC[C@H]2O[C@@H](O[C@@H]3[C@@H](OC(=O)c4ccccc4)[C@H](O[C@H]4[C@H](OCc5ccccc5)[C@@H](OC(=O)c5ccccc5)[C@H](OCCCCCNC(=O)OCc5ccccc5)O[C@@H]4COCc4ccccc4)O[C@@H]4CO[C@](C)(C(=O)OC)O[C@@H]34)[C@H](OC(=O)c3ccccc3)[C@@H](OC)[C@@H]2O1. The summed E-state index contributed by atoms with van der Waals surface area (Å²) in [5.41, 5.74) is 2.74. The number of rotatable bonds is 29. The Hall–Kier alpha value is -8.58. The van der Waals surface area contributed by atoms with E-state index in [9.17, 15) is 24.0 Å². The standard InChI is InChI=1S/C75H83NO25/c1-74(71(80)84-4)90-45-54-57(100-74)59(83-3)62(95-65(77)50-33-19-9-20-34-50)69(93-54)99-61-58-55(46-91-75(2,101-58)72(81)85-5)94-70(64(61)97-67(79)52-37-23-11-24-38-52)98-56-53(44-86-41-47-27-13-6-14-28-47)92-68(87-40-26-12-25-39-76-73(82)89-43-49-31-17-8-18-32-49)63(96-66(78)51-35-21-10-22-36-51)60(56)88-42-48-29-15-7-16-30-48/h6-11,13-24,27-38,53-64,68-70H,12,25-26,39-46H2,1-5H3,(H,76,82)/t53-,54-,55-,56-,57-,58-,59+,60+,61+,62-,63-,64-,68-,69+,70+,74+,75+/m1/s1. The number of hydrogen-bond donors (Lipinski definition) is 1. The molecule has 538 valence electrons. The van der Waals surface area contributed by atoms with E-state index in [-0.39, 0.29) is 56.3 Å². The third kappa shape index (κ3) is 18.8. The van der Waals surface area contributed by atoms with Gasteiger partial charge >= 0.3 is 35.9 Å².